The van der Waals surface area contributed by atoms with E-state index in [1.807, 2.05) is 0 Å². The van der Waals surface area contributed by atoms with Gasteiger partial charge >= 0.3 is 6.18 Å². The van der Waals surface area contributed by atoms with E-state index >= 15 is 0 Å². The molecular formula is C11H13F3N4O2. The maximum Gasteiger partial charge on any atom is 0.438 e. The second-order valence-corrected chi connectivity index (χ2v) is 4.64. The second kappa shape index (κ2) is 4.58. The summed E-state index contributed by atoms with van der Waals surface area (Å²) >= 11 is 0. The molecule has 110 valence electrons. The molecule has 0 radical (unpaired) electrons. The predicted molar refractivity (Wildman–Crippen MR) is 62.6 cm³/mol. The molecule has 0 saturated heterocycles. The summed E-state index contributed by atoms with van der Waals surface area (Å²) in [5, 5.41) is 17.0. The molecule has 1 aliphatic heterocycles. The molecule has 2 atom stereocenters. The minimum absolute atomic E-state index is 0.0781. The smallest absolute Gasteiger partial charge is 0.362 e. The number of carbonyl (C=O) groups excluding carboxylic acids is 1. The van der Waals surface area contributed by atoms with Crippen molar-refractivity contribution in [3.8, 4) is 0 Å². The third-order valence-corrected chi connectivity index (χ3v) is 3.07. The molecule has 0 aromatic carbocycles. The molecule has 0 saturated carbocycles. The zero-order valence-corrected chi connectivity index (χ0v) is 10.8. The van der Waals surface area contributed by atoms with Crippen molar-refractivity contribution in [2.45, 2.75) is 38.2 Å². The largest absolute Gasteiger partial charge is 0.438 e. The summed E-state index contributed by atoms with van der Waals surface area (Å²) in [5.41, 5.74) is -2.53. The molecule has 0 spiro atoms. The number of hydrogen-bond donors (Lipinski definition) is 1. The van der Waals surface area contributed by atoms with Gasteiger partial charge in [0.15, 0.2) is 0 Å². The molecular weight excluding hydrogens is 277 g/mol. The van der Waals surface area contributed by atoms with Gasteiger partial charge in [-0.3, -0.25) is 9.48 Å². The van der Waals surface area contributed by atoms with Crippen molar-refractivity contribution < 1.29 is 23.1 Å². The molecule has 1 aromatic rings. The fourth-order valence-electron chi connectivity index (χ4n) is 1.84. The minimum Gasteiger partial charge on any atom is -0.362 e. The topological polar surface area (TPSA) is 70.7 Å². The van der Waals surface area contributed by atoms with Gasteiger partial charge in [0.25, 0.3) is 11.6 Å². The molecule has 2 heterocycles. The number of alkyl halides is 3. The van der Waals surface area contributed by atoms with Crippen LogP contribution in [0.4, 0.5) is 13.2 Å². The first-order valence-electron chi connectivity index (χ1n) is 5.83. The number of nitrogens with zero attached hydrogens (tertiary/aromatic N) is 4. The maximum absolute atomic E-state index is 12.9. The Bertz CT molecular complexity index is 554. The minimum atomic E-state index is -4.99. The summed E-state index contributed by atoms with van der Waals surface area (Å²) in [6.45, 7) is 3.13. The lowest BCUT2D eigenvalue weighted by atomic mass is 10.1. The van der Waals surface area contributed by atoms with Gasteiger partial charge in [-0.25, -0.2) is 0 Å². The van der Waals surface area contributed by atoms with Crippen molar-refractivity contribution in [3.05, 3.63) is 18.0 Å². The van der Waals surface area contributed by atoms with E-state index in [4.69, 9.17) is 0 Å². The third-order valence-electron chi connectivity index (χ3n) is 3.07. The molecule has 0 aliphatic carbocycles. The van der Waals surface area contributed by atoms with Crippen LogP contribution in [-0.2, 0) is 4.79 Å². The number of rotatable bonds is 2. The standard InChI is InChI=1S/C11H13F3N4O2/c1-7-5-16-17(6-7)8(2)9(19)18-10(20,3-4-15-18)11(12,13)14/h4-6,8,20H,3H2,1-2H3/t8-,10-/m1/s1. The first-order chi connectivity index (χ1) is 9.17. The zero-order valence-electron chi connectivity index (χ0n) is 10.8. The molecule has 9 heteroatoms. The predicted octanol–water partition coefficient (Wildman–Crippen LogP) is 1.22. The summed E-state index contributed by atoms with van der Waals surface area (Å²) in [6.07, 6.45) is -1.90. The van der Waals surface area contributed by atoms with Crippen LogP contribution in [0.15, 0.2) is 17.5 Å². The highest BCUT2D eigenvalue weighted by Gasteiger charge is 2.62. The Balaban J connectivity index is 2.26. The summed E-state index contributed by atoms with van der Waals surface area (Å²) < 4.78 is 39.9. The van der Waals surface area contributed by atoms with E-state index in [0.717, 1.165) is 11.8 Å². The van der Waals surface area contributed by atoms with Crippen molar-refractivity contribution in [2.75, 3.05) is 0 Å². The lowest BCUT2D eigenvalue weighted by Crippen LogP contribution is -2.57. The van der Waals surface area contributed by atoms with E-state index < -0.39 is 30.3 Å². The summed E-state index contributed by atoms with van der Waals surface area (Å²) in [5.74, 6) is -0.985. The lowest BCUT2D eigenvalue weighted by Gasteiger charge is -2.33. The Kier molecular flexibility index (Phi) is 3.32. The average Bonchev–Trinajstić information content (AvgIpc) is 2.93. The van der Waals surface area contributed by atoms with E-state index in [1.54, 1.807) is 6.92 Å². The van der Waals surface area contributed by atoms with Gasteiger partial charge in [0.05, 0.1) is 6.20 Å². The number of hydrogen-bond acceptors (Lipinski definition) is 4. The van der Waals surface area contributed by atoms with Gasteiger partial charge in [-0.15, -0.1) is 0 Å². The van der Waals surface area contributed by atoms with Gasteiger partial charge in [-0.05, 0) is 19.4 Å². The molecule has 1 aromatic heterocycles. The Morgan fingerprint density at radius 1 is 1.55 bits per heavy atom. The van der Waals surface area contributed by atoms with Crippen LogP contribution in [0.5, 0.6) is 0 Å². The van der Waals surface area contributed by atoms with Crippen molar-refractivity contribution in [1.82, 2.24) is 14.8 Å². The van der Waals surface area contributed by atoms with Crippen LogP contribution in [0.1, 0.15) is 24.9 Å². The third kappa shape index (κ3) is 2.17. The molecule has 1 amide bonds. The summed E-state index contributed by atoms with van der Waals surface area (Å²) in [7, 11) is 0. The highest BCUT2D eigenvalue weighted by atomic mass is 19.4. The first kappa shape index (κ1) is 14.5. The number of carbonyl (C=O) groups is 1. The van der Waals surface area contributed by atoms with Crippen LogP contribution in [0.25, 0.3) is 0 Å². The van der Waals surface area contributed by atoms with Crippen molar-refractivity contribution in [3.63, 3.8) is 0 Å². The number of aromatic nitrogens is 2. The van der Waals surface area contributed by atoms with Crippen LogP contribution in [-0.4, -0.2) is 43.9 Å². The fourth-order valence-corrected chi connectivity index (χ4v) is 1.84. The number of hydrazone groups is 1. The van der Waals surface area contributed by atoms with E-state index in [0.29, 0.717) is 0 Å². The molecule has 0 bridgehead atoms. The zero-order chi connectivity index (χ0) is 15.1. The Morgan fingerprint density at radius 2 is 2.20 bits per heavy atom. The van der Waals surface area contributed by atoms with Gasteiger partial charge < -0.3 is 5.11 Å². The van der Waals surface area contributed by atoms with Crippen LogP contribution in [0.2, 0.25) is 0 Å². The Hall–Kier alpha value is -1.90. The number of halogens is 3. The average molecular weight is 290 g/mol. The van der Waals surface area contributed by atoms with E-state index in [2.05, 4.69) is 10.2 Å². The van der Waals surface area contributed by atoms with Gasteiger partial charge in [0.2, 0.25) is 0 Å². The van der Waals surface area contributed by atoms with Gasteiger partial charge in [-0.1, -0.05) is 0 Å². The van der Waals surface area contributed by atoms with Crippen molar-refractivity contribution in [1.29, 1.82) is 0 Å². The molecule has 0 unspecified atom stereocenters. The Labute approximate surface area is 112 Å². The van der Waals surface area contributed by atoms with Crippen molar-refractivity contribution >= 4 is 12.1 Å². The monoisotopic (exact) mass is 290 g/mol. The van der Waals surface area contributed by atoms with Gasteiger partial charge in [-0.2, -0.15) is 28.4 Å². The van der Waals surface area contributed by atoms with Crippen molar-refractivity contribution in [2.24, 2.45) is 5.10 Å². The van der Waals surface area contributed by atoms with E-state index in [-0.39, 0.29) is 5.01 Å². The first-order valence-corrected chi connectivity index (χ1v) is 5.83. The molecule has 2 rings (SSSR count). The fraction of sp³-hybridized carbons (Fsp3) is 0.545. The van der Waals surface area contributed by atoms with Crippen LogP contribution < -0.4 is 0 Å². The van der Waals surface area contributed by atoms with Gasteiger partial charge in [0.1, 0.15) is 6.04 Å². The summed E-state index contributed by atoms with van der Waals surface area (Å²) in [6, 6.07) is -1.01. The van der Waals surface area contributed by atoms with E-state index in [9.17, 15) is 23.1 Å². The molecule has 20 heavy (non-hydrogen) atoms. The van der Waals surface area contributed by atoms with Crippen LogP contribution >= 0.6 is 0 Å². The SMILES string of the molecule is Cc1cnn([C@H](C)C(=O)N2N=CC[C@@]2(O)C(F)(F)F)c1. The molecule has 6 nitrogen and oxygen atoms in total. The highest BCUT2D eigenvalue weighted by molar-refractivity contribution is 5.83. The number of amides is 1. The quantitative estimate of drug-likeness (QED) is 0.890. The van der Waals surface area contributed by atoms with Gasteiger partial charge in [0, 0.05) is 18.8 Å². The highest BCUT2D eigenvalue weighted by Crippen LogP contribution is 2.39. The van der Waals surface area contributed by atoms with Crippen LogP contribution in [0.3, 0.4) is 0 Å². The molecule has 1 N–H and O–H groups in total. The maximum atomic E-state index is 12.9. The number of aliphatic hydroxyl groups is 1. The van der Waals surface area contributed by atoms with Crippen LogP contribution in [0, 0.1) is 6.92 Å². The summed E-state index contributed by atoms with van der Waals surface area (Å²) in [4.78, 5) is 12.1. The Morgan fingerprint density at radius 3 is 2.70 bits per heavy atom. The van der Waals surface area contributed by atoms with E-state index in [1.165, 1.54) is 24.0 Å². The number of aryl methyl sites for hydroxylation is 1. The molecule has 1 aliphatic rings. The lowest BCUT2D eigenvalue weighted by molar-refractivity contribution is -0.302. The second-order valence-electron chi connectivity index (χ2n) is 4.64. The molecule has 0 fully saturated rings. The normalized spacial score (nSPS) is 24.2.